The zero-order chi connectivity index (χ0) is 25.1. The van der Waals surface area contributed by atoms with Gasteiger partial charge in [-0.05, 0) is 55.7 Å². The van der Waals surface area contributed by atoms with Crippen molar-refractivity contribution < 1.29 is 18.9 Å². The van der Waals surface area contributed by atoms with Gasteiger partial charge < -0.3 is 18.9 Å². The lowest BCUT2D eigenvalue weighted by Crippen LogP contribution is -2.43. The number of rotatable bonds is 14. The smallest absolute Gasteiger partial charge is 0.161 e. The van der Waals surface area contributed by atoms with Gasteiger partial charge in [0.1, 0.15) is 11.7 Å². The van der Waals surface area contributed by atoms with E-state index in [0.29, 0.717) is 5.25 Å². The van der Waals surface area contributed by atoms with Crippen molar-refractivity contribution in [1.82, 2.24) is 0 Å². The molecule has 1 aliphatic rings. The van der Waals surface area contributed by atoms with E-state index in [1.54, 1.807) is 28.4 Å². The molecule has 4 nitrogen and oxygen atoms in total. The Morgan fingerprint density at radius 3 is 2.29 bits per heavy atom. The number of ether oxygens (including phenoxy) is 4. The normalized spacial score (nSPS) is 20.1. The number of aryl methyl sites for hydroxylation is 1. The summed E-state index contributed by atoms with van der Waals surface area (Å²) in [6.45, 7) is 2.13. The molecule has 3 rings (SSSR count). The largest absolute Gasteiger partial charge is 0.493 e. The van der Waals surface area contributed by atoms with Crippen LogP contribution in [0.4, 0.5) is 0 Å². The maximum Gasteiger partial charge on any atom is 0.161 e. The number of hydrogen-bond donors (Lipinski definition) is 0. The van der Waals surface area contributed by atoms with Gasteiger partial charge in [0.05, 0.1) is 14.2 Å². The summed E-state index contributed by atoms with van der Waals surface area (Å²) in [5.74, 6) is 1.55. The van der Waals surface area contributed by atoms with E-state index in [9.17, 15) is 0 Å². The highest BCUT2D eigenvalue weighted by Crippen LogP contribution is 2.42. The fraction of sp³-hybridized carbons (Fsp3) is 0.467. The number of allylic oxidation sites excluding steroid dienone is 2. The summed E-state index contributed by atoms with van der Waals surface area (Å²) in [7, 11) is 6.91. The fourth-order valence-corrected chi connectivity index (χ4v) is 5.83. The van der Waals surface area contributed by atoms with Crippen LogP contribution in [0.2, 0.25) is 0 Å². The van der Waals surface area contributed by atoms with Crippen molar-refractivity contribution in [3.05, 3.63) is 77.9 Å². The molecule has 0 saturated heterocycles. The molecule has 1 aliphatic carbocycles. The molecule has 0 radical (unpaired) electrons. The van der Waals surface area contributed by atoms with E-state index < -0.39 is 0 Å². The van der Waals surface area contributed by atoms with E-state index in [4.69, 9.17) is 18.9 Å². The van der Waals surface area contributed by atoms with Crippen molar-refractivity contribution in [2.24, 2.45) is 0 Å². The molecule has 0 spiro atoms. The SMILES string of the molecule is COc1ccc(C(CCCCCCC2(OC)C=CC=CC2OC)Sc2ccc(C)cc2)cc1OC. The number of unbranched alkanes of at least 4 members (excludes halogenated alkanes) is 3. The van der Waals surface area contributed by atoms with Crippen LogP contribution in [0.5, 0.6) is 11.5 Å². The highest BCUT2D eigenvalue weighted by Gasteiger charge is 2.36. The zero-order valence-electron chi connectivity index (χ0n) is 21.8. The highest BCUT2D eigenvalue weighted by atomic mass is 32.2. The van der Waals surface area contributed by atoms with Gasteiger partial charge in [0.25, 0.3) is 0 Å². The van der Waals surface area contributed by atoms with E-state index in [1.807, 2.05) is 23.9 Å². The van der Waals surface area contributed by atoms with Gasteiger partial charge in [0.15, 0.2) is 11.5 Å². The van der Waals surface area contributed by atoms with Crippen LogP contribution >= 0.6 is 11.8 Å². The minimum atomic E-state index is -0.354. The van der Waals surface area contributed by atoms with Crippen LogP contribution < -0.4 is 9.47 Å². The summed E-state index contributed by atoms with van der Waals surface area (Å²) >= 11 is 1.93. The molecule has 0 heterocycles. The van der Waals surface area contributed by atoms with E-state index in [1.165, 1.54) is 35.3 Å². The van der Waals surface area contributed by atoms with Gasteiger partial charge in [-0.1, -0.05) is 67.7 Å². The molecule has 0 fully saturated rings. The topological polar surface area (TPSA) is 36.9 Å². The van der Waals surface area contributed by atoms with Crippen molar-refractivity contribution in [2.75, 3.05) is 28.4 Å². The molecule has 0 aromatic heterocycles. The van der Waals surface area contributed by atoms with Gasteiger partial charge >= 0.3 is 0 Å². The average molecular weight is 497 g/mol. The predicted octanol–water partition coefficient (Wildman–Crippen LogP) is 7.71. The van der Waals surface area contributed by atoms with Crippen LogP contribution in [0.3, 0.4) is 0 Å². The van der Waals surface area contributed by atoms with Gasteiger partial charge in [0.2, 0.25) is 0 Å². The Bertz CT molecular complexity index is 969. The minimum Gasteiger partial charge on any atom is -0.493 e. The summed E-state index contributed by atoms with van der Waals surface area (Å²) in [5, 5.41) is 0.354. The van der Waals surface area contributed by atoms with Crippen molar-refractivity contribution in [1.29, 1.82) is 0 Å². The van der Waals surface area contributed by atoms with Gasteiger partial charge in [0, 0.05) is 24.4 Å². The first-order valence-corrected chi connectivity index (χ1v) is 13.3. The second kappa shape index (κ2) is 13.8. The number of thioether (sulfide) groups is 1. The Morgan fingerprint density at radius 1 is 0.857 bits per heavy atom. The lowest BCUT2D eigenvalue weighted by molar-refractivity contribution is -0.0721. The zero-order valence-corrected chi connectivity index (χ0v) is 22.6. The summed E-state index contributed by atoms with van der Waals surface area (Å²) in [5.41, 5.74) is 2.20. The number of benzene rings is 2. The number of hydrogen-bond acceptors (Lipinski definition) is 5. The Kier molecular flexibility index (Phi) is 10.8. The van der Waals surface area contributed by atoms with Crippen molar-refractivity contribution in [3.8, 4) is 11.5 Å². The summed E-state index contributed by atoms with van der Waals surface area (Å²) in [6, 6.07) is 15.1. The van der Waals surface area contributed by atoms with Crippen molar-refractivity contribution in [2.45, 2.75) is 67.3 Å². The quantitative estimate of drug-likeness (QED) is 0.198. The van der Waals surface area contributed by atoms with Gasteiger partial charge in [-0.2, -0.15) is 0 Å². The van der Waals surface area contributed by atoms with Crippen LogP contribution in [0.25, 0.3) is 0 Å². The van der Waals surface area contributed by atoms with Crippen molar-refractivity contribution >= 4 is 11.8 Å². The first-order valence-electron chi connectivity index (χ1n) is 12.4. The molecular weight excluding hydrogens is 456 g/mol. The summed E-state index contributed by atoms with van der Waals surface area (Å²) < 4.78 is 22.6. The second-order valence-corrected chi connectivity index (χ2v) is 10.3. The average Bonchev–Trinajstić information content (AvgIpc) is 2.90. The van der Waals surface area contributed by atoms with E-state index in [-0.39, 0.29) is 11.7 Å². The van der Waals surface area contributed by atoms with Crippen LogP contribution in [0.1, 0.15) is 54.9 Å². The predicted molar refractivity (Wildman–Crippen MR) is 146 cm³/mol. The van der Waals surface area contributed by atoms with Crippen LogP contribution in [0, 0.1) is 6.92 Å². The van der Waals surface area contributed by atoms with E-state index in [0.717, 1.165) is 30.8 Å². The second-order valence-electron chi connectivity index (χ2n) is 9.05. The molecule has 0 aliphatic heterocycles. The minimum absolute atomic E-state index is 0.0298. The third kappa shape index (κ3) is 7.39. The monoisotopic (exact) mass is 496 g/mol. The molecule has 2 aromatic carbocycles. The molecule has 3 unspecified atom stereocenters. The van der Waals surface area contributed by atoms with Crippen LogP contribution in [0.15, 0.2) is 71.7 Å². The first-order chi connectivity index (χ1) is 17.0. The van der Waals surface area contributed by atoms with Gasteiger partial charge in [-0.3, -0.25) is 0 Å². The molecule has 0 amide bonds. The fourth-order valence-electron chi connectivity index (χ4n) is 4.64. The standard InChI is InChI=1S/C30H40O4S/c1-23-14-17-25(18-15-23)35-28(24-16-19-26(31-2)27(22-24)32-3)12-8-6-7-10-20-30(34-5)21-11-9-13-29(30)33-4/h9,11,13-19,21-22,28-29H,6-8,10,12,20H2,1-5H3. The van der Waals surface area contributed by atoms with Crippen LogP contribution in [-0.2, 0) is 9.47 Å². The number of methoxy groups -OCH3 is 4. The van der Waals surface area contributed by atoms with Crippen molar-refractivity contribution in [3.63, 3.8) is 0 Å². The van der Waals surface area contributed by atoms with E-state index >= 15 is 0 Å². The molecule has 0 saturated carbocycles. The molecule has 0 bridgehead atoms. The molecule has 190 valence electrons. The van der Waals surface area contributed by atoms with Gasteiger partial charge in [-0.25, -0.2) is 0 Å². The maximum absolute atomic E-state index is 5.91. The Morgan fingerprint density at radius 2 is 1.60 bits per heavy atom. The Balaban J connectivity index is 1.59. The lowest BCUT2D eigenvalue weighted by atomic mass is 9.86. The molecular formula is C30H40O4S. The summed E-state index contributed by atoms with van der Waals surface area (Å²) in [4.78, 5) is 1.29. The Labute approximate surface area is 215 Å². The van der Waals surface area contributed by atoms with Gasteiger partial charge in [-0.15, -0.1) is 11.8 Å². The summed E-state index contributed by atoms with van der Waals surface area (Å²) in [6.07, 6.45) is 15.0. The molecule has 35 heavy (non-hydrogen) atoms. The maximum atomic E-state index is 5.91. The molecule has 2 aromatic rings. The molecule has 0 N–H and O–H groups in total. The Hall–Kier alpha value is -2.21. The third-order valence-corrected chi connectivity index (χ3v) is 8.09. The van der Waals surface area contributed by atoms with E-state index in [2.05, 4.69) is 61.5 Å². The molecule has 5 heteroatoms. The first kappa shape index (κ1) is 27.4. The van der Waals surface area contributed by atoms with Crippen LogP contribution in [-0.4, -0.2) is 40.1 Å². The third-order valence-electron chi connectivity index (χ3n) is 6.75. The highest BCUT2D eigenvalue weighted by molar-refractivity contribution is 7.99. The molecule has 3 atom stereocenters. The lowest BCUT2D eigenvalue weighted by Gasteiger charge is -2.36.